The number of para-hydroxylation sites is 1. The van der Waals surface area contributed by atoms with Gasteiger partial charge in [-0.2, -0.15) is 0 Å². The third-order valence-corrected chi connectivity index (χ3v) is 4.46. The van der Waals surface area contributed by atoms with E-state index in [-0.39, 0.29) is 6.04 Å². The van der Waals surface area contributed by atoms with E-state index < -0.39 is 0 Å². The lowest BCUT2D eigenvalue weighted by molar-refractivity contribution is 0.0841. The summed E-state index contributed by atoms with van der Waals surface area (Å²) in [6, 6.07) is 20.6. The molecule has 0 spiro atoms. The Morgan fingerprint density at radius 2 is 1.58 bits per heavy atom. The van der Waals surface area contributed by atoms with Crippen LogP contribution in [0.4, 0.5) is 0 Å². The summed E-state index contributed by atoms with van der Waals surface area (Å²) in [5, 5.41) is 0. The van der Waals surface area contributed by atoms with Gasteiger partial charge >= 0.3 is 0 Å². The topological polar surface area (TPSA) is 47.7 Å². The second kappa shape index (κ2) is 8.83. The Morgan fingerprint density at radius 1 is 0.875 bits per heavy atom. The van der Waals surface area contributed by atoms with Gasteiger partial charge in [0.2, 0.25) is 0 Å². The average Bonchev–Trinajstić information content (AvgIpc) is 3.00. The Balaban J connectivity index is 1.32. The average molecular weight is 326 g/mol. The van der Waals surface area contributed by atoms with Crippen molar-refractivity contribution in [2.75, 3.05) is 39.5 Å². The molecule has 0 unspecified atom stereocenters. The summed E-state index contributed by atoms with van der Waals surface area (Å²) < 4.78 is 11.3. The zero-order valence-corrected chi connectivity index (χ0v) is 14.0. The lowest BCUT2D eigenvalue weighted by Crippen LogP contribution is -2.30. The normalized spacial score (nSPS) is 21.0. The molecule has 4 nitrogen and oxygen atoms in total. The van der Waals surface area contributed by atoms with Crippen LogP contribution in [0, 0.1) is 0 Å². The van der Waals surface area contributed by atoms with E-state index in [1.54, 1.807) is 0 Å². The lowest BCUT2D eigenvalue weighted by Gasteiger charge is -2.16. The summed E-state index contributed by atoms with van der Waals surface area (Å²) in [7, 11) is 0. The maximum Gasteiger partial charge on any atom is 0.119 e. The SMILES string of the molecule is N[C@@H]1CN(CCOCCOc2ccccc2)C[C@H]1c1ccccc1. The van der Waals surface area contributed by atoms with Gasteiger partial charge in [-0.3, -0.25) is 4.90 Å². The minimum absolute atomic E-state index is 0.203. The largest absolute Gasteiger partial charge is 0.491 e. The standard InChI is InChI=1S/C20H26N2O2/c21-20-16-22(15-19(20)17-7-3-1-4-8-17)11-12-23-13-14-24-18-9-5-2-6-10-18/h1-10,19-20H,11-16,21H2/t19-,20+/m0/s1. The third-order valence-electron chi connectivity index (χ3n) is 4.46. The molecule has 3 rings (SSSR count). The maximum atomic E-state index is 6.32. The first kappa shape index (κ1) is 17.0. The molecular formula is C20H26N2O2. The van der Waals surface area contributed by atoms with E-state index in [0.717, 1.165) is 25.4 Å². The number of benzene rings is 2. The number of ether oxygens (including phenoxy) is 2. The van der Waals surface area contributed by atoms with Crippen molar-refractivity contribution in [3.63, 3.8) is 0 Å². The Labute approximate surface area is 144 Å². The number of hydrogen-bond donors (Lipinski definition) is 1. The fourth-order valence-corrected chi connectivity index (χ4v) is 3.18. The number of rotatable bonds is 8. The smallest absolute Gasteiger partial charge is 0.119 e. The van der Waals surface area contributed by atoms with Crippen molar-refractivity contribution in [2.24, 2.45) is 5.73 Å². The molecule has 1 saturated heterocycles. The molecule has 1 aliphatic heterocycles. The molecule has 0 aromatic heterocycles. The van der Waals surface area contributed by atoms with Gasteiger partial charge in [0.05, 0.1) is 13.2 Å². The quantitative estimate of drug-likeness (QED) is 0.757. The van der Waals surface area contributed by atoms with Crippen LogP contribution >= 0.6 is 0 Å². The van der Waals surface area contributed by atoms with E-state index >= 15 is 0 Å². The van der Waals surface area contributed by atoms with Crippen LogP contribution in [0.25, 0.3) is 0 Å². The van der Waals surface area contributed by atoms with Gasteiger partial charge in [0.15, 0.2) is 0 Å². The Morgan fingerprint density at radius 3 is 2.33 bits per heavy atom. The summed E-state index contributed by atoms with van der Waals surface area (Å²) in [5.74, 6) is 1.31. The van der Waals surface area contributed by atoms with Crippen LogP contribution in [-0.4, -0.2) is 50.4 Å². The molecule has 0 bridgehead atoms. The van der Waals surface area contributed by atoms with Gasteiger partial charge in [-0.15, -0.1) is 0 Å². The summed E-state index contributed by atoms with van der Waals surface area (Å²) >= 11 is 0. The van der Waals surface area contributed by atoms with Crippen molar-refractivity contribution in [3.05, 3.63) is 66.2 Å². The van der Waals surface area contributed by atoms with Gasteiger partial charge in [-0.05, 0) is 17.7 Å². The van der Waals surface area contributed by atoms with E-state index in [2.05, 4.69) is 29.2 Å². The molecule has 0 saturated carbocycles. The molecule has 2 aromatic carbocycles. The predicted molar refractivity (Wildman–Crippen MR) is 96.4 cm³/mol. The fraction of sp³-hybridized carbons (Fsp3) is 0.400. The highest BCUT2D eigenvalue weighted by Crippen LogP contribution is 2.25. The van der Waals surface area contributed by atoms with Crippen molar-refractivity contribution < 1.29 is 9.47 Å². The van der Waals surface area contributed by atoms with Crippen molar-refractivity contribution >= 4 is 0 Å². The molecule has 0 radical (unpaired) electrons. The summed E-state index contributed by atoms with van der Waals surface area (Å²) in [6.07, 6.45) is 0. The van der Waals surface area contributed by atoms with E-state index in [9.17, 15) is 0 Å². The Hall–Kier alpha value is -1.88. The highest BCUT2D eigenvalue weighted by atomic mass is 16.5. The monoisotopic (exact) mass is 326 g/mol. The Kier molecular flexibility index (Phi) is 6.24. The van der Waals surface area contributed by atoms with Gasteiger partial charge in [0.25, 0.3) is 0 Å². The van der Waals surface area contributed by atoms with Crippen LogP contribution in [0.5, 0.6) is 5.75 Å². The molecule has 2 aromatic rings. The molecule has 2 atom stereocenters. The molecule has 24 heavy (non-hydrogen) atoms. The summed E-state index contributed by atoms with van der Waals surface area (Å²) in [6.45, 7) is 4.76. The second-order valence-corrected chi connectivity index (χ2v) is 6.21. The molecule has 0 aliphatic carbocycles. The Bertz CT molecular complexity index is 591. The molecule has 1 fully saturated rings. The van der Waals surface area contributed by atoms with Crippen molar-refractivity contribution in [3.8, 4) is 5.75 Å². The van der Waals surface area contributed by atoms with Crippen LogP contribution in [-0.2, 0) is 4.74 Å². The lowest BCUT2D eigenvalue weighted by atomic mass is 9.95. The molecule has 2 N–H and O–H groups in total. The van der Waals surface area contributed by atoms with E-state index in [1.807, 2.05) is 36.4 Å². The first-order chi connectivity index (χ1) is 11.8. The second-order valence-electron chi connectivity index (χ2n) is 6.21. The highest BCUT2D eigenvalue weighted by molar-refractivity contribution is 5.23. The van der Waals surface area contributed by atoms with Gasteiger partial charge in [-0.1, -0.05) is 48.5 Å². The predicted octanol–water partition coefficient (Wildman–Crippen LogP) is 2.51. The molecule has 4 heteroatoms. The highest BCUT2D eigenvalue weighted by Gasteiger charge is 2.30. The van der Waals surface area contributed by atoms with Crippen LogP contribution in [0.3, 0.4) is 0 Å². The summed E-state index contributed by atoms with van der Waals surface area (Å²) in [5.41, 5.74) is 7.65. The van der Waals surface area contributed by atoms with E-state index in [4.69, 9.17) is 15.2 Å². The van der Waals surface area contributed by atoms with E-state index in [0.29, 0.717) is 25.7 Å². The van der Waals surface area contributed by atoms with Gasteiger partial charge < -0.3 is 15.2 Å². The number of likely N-dealkylation sites (tertiary alicyclic amines) is 1. The van der Waals surface area contributed by atoms with Crippen molar-refractivity contribution in [1.29, 1.82) is 0 Å². The molecule has 128 valence electrons. The van der Waals surface area contributed by atoms with Crippen LogP contribution in [0.15, 0.2) is 60.7 Å². The van der Waals surface area contributed by atoms with Gasteiger partial charge in [0, 0.05) is 31.6 Å². The van der Waals surface area contributed by atoms with Crippen LogP contribution < -0.4 is 10.5 Å². The first-order valence-electron chi connectivity index (χ1n) is 8.61. The third kappa shape index (κ3) is 4.81. The van der Waals surface area contributed by atoms with E-state index in [1.165, 1.54) is 5.56 Å². The number of nitrogens with two attached hydrogens (primary N) is 1. The molecule has 1 aliphatic rings. The van der Waals surface area contributed by atoms with Crippen LogP contribution in [0.2, 0.25) is 0 Å². The molecule has 1 heterocycles. The van der Waals surface area contributed by atoms with Crippen LogP contribution in [0.1, 0.15) is 11.5 Å². The fourth-order valence-electron chi connectivity index (χ4n) is 3.18. The number of hydrogen-bond acceptors (Lipinski definition) is 4. The zero-order valence-electron chi connectivity index (χ0n) is 14.0. The summed E-state index contributed by atoms with van der Waals surface area (Å²) in [4.78, 5) is 2.39. The molecule has 0 amide bonds. The number of nitrogens with zero attached hydrogens (tertiary/aromatic N) is 1. The first-order valence-corrected chi connectivity index (χ1v) is 8.61. The van der Waals surface area contributed by atoms with Crippen molar-refractivity contribution in [2.45, 2.75) is 12.0 Å². The minimum atomic E-state index is 0.203. The van der Waals surface area contributed by atoms with Gasteiger partial charge in [0.1, 0.15) is 12.4 Å². The maximum absolute atomic E-state index is 6.32. The molecular weight excluding hydrogens is 300 g/mol. The zero-order chi connectivity index (χ0) is 16.6. The van der Waals surface area contributed by atoms with Crippen molar-refractivity contribution in [1.82, 2.24) is 4.90 Å². The van der Waals surface area contributed by atoms with Gasteiger partial charge in [-0.25, -0.2) is 0 Å². The minimum Gasteiger partial charge on any atom is -0.491 e.